The molecule has 2 N–H and O–H groups in total. The quantitative estimate of drug-likeness (QED) is 0.836. The Morgan fingerprint density at radius 1 is 1.12 bits per heavy atom. The van der Waals surface area contributed by atoms with Crippen molar-refractivity contribution in [3.8, 4) is 0 Å². The van der Waals surface area contributed by atoms with E-state index >= 15 is 0 Å². The van der Waals surface area contributed by atoms with Crippen LogP contribution in [0.3, 0.4) is 0 Å². The van der Waals surface area contributed by atoms with Gasteiger partial charge in [0.25, 0.3) is 0 Å². The molecule has 6 nitrogen and oxygen atoms in total. The molecule has 0 aliphatic heterocycles. The lowest BCUT2D eigenvalue weighted by Gasteiger charge is -2.13. The van der Waals surface area contributed by atoms with Crippen LogP contribution in [-0.2, 0) is 14.8 Å². The lowest BCUT2D eigenvalue weighted by Crippen LogP contribution is -2.23. The molecule has 0 radical (unpaired) electrons. The number of carbonyl (C=O) groups excluding carboxylic acids is 1. The van der Waals surface area contributed by atoms with Gasteiger partial charge in [-0.3, -0.25) is 4.79 Å². The lowest BCUT2D eigenvalue weighted by atomic mass is 10.3. The molecule has 1 amide bonds. The average Bonchev–Trinajstić information content (AvgIpc) is 2.55. The normalized spacial score (nSPS) is 11.3. The number of hydrogen-bond acceptors (Lipinski definition) is 4. The molecule has 0 saturated heterocycles. The van der Waals surface area contributed by atoms with E-state index in [1.165, 1.54) is 44.4 Å². The standard InChI is InChI=1S/C16H18FN3O3S/c1-20(2)24(22,23)13-7-5-6-12(10-13)18-11-16(21)19-15-9-4-3-8-14(15)17/h3-10,18H,11H2,1-2H3,(H,19,21). The van der Waals surface area contributed by atoms with Gasteiger partial charge in [-0.25, -0.2) is 17.1 Å². The first-order valence-corrected chi connectivity index (χ1v) is 8.55. The third-order valence-electron chi connectivity index (χ3n) is 3.21. The number of hydrogen-bond donors (Lipinski definition) is 2. The van der Waals surface area contributed by atoms with Crippen molar-refractivity contribution in [1.29, 1.82) is 0 Å². The van der Waals surface area contributed by atoms with Crippen molar-refractivity contribution in [3.63, 3.8) is 0 Å². The van der Waals surface area contributed by atoms with Gasteiger partial charge in [0.15, 0.2) is 0 Å². The zero-order valence-corrected chi connectivity index (χ0v) is 14.1. The number of sulfonamides is 1. The van der Waals surface area contributed by atoms with Gasteiger partial charge in [-0.2, -0.15) is 0 Å². The molecule has 2 rings (SSSR count). The Labute approximate surface area is 140 Å². The molecule has 0 aromatic heterocycles. The van der Waals surface area contributed by atoms with Crippen molar-refractivity contribution in [2.75, 3.05) is 31.3 Å². The fraction of sp³-hybridized carbons (Fsp3) is 0.188. The predicted octanol–water partition coefficient (Wildman–Crippen LogP) is 2.13. The number of nitrogens with one attached hydrogen (secondary N) is 2. The van der Waals surface area contributed by atoms with Gasteiger partial charge in [0.2, 0.25) is 15.9 Å². The van der Waals surface area contributed by atoms with Crippen molar-refractivity contribution in [3.05, 3.63) is 54.3 Å². The molecule has 0 spiro atoms. The summed E-state index contributed by atoms with van der Waals surface area (Å²) in [4.78, 5) is 12.0. The highest BCUT2D eigenvalue weighted by Gasteiger charge is 2.17. The number of amides is 1. The Morgan fingerprint density at radius 3 is 2.50 bits per heavy atom. The summed E-state index contributed by atoms with van der Waals surface area (Å²) in [5.41, 5.74) is 0.565. The Hall–Kier alpha value is -2.45. The maximum absolute atomic E-state index is 13.5. The molecule has 0 fully saturated rings. The second-order valence-corrected chi connectivity index (χ2v) is 7.35. The first-order valence-electron chi connectivity index (χ1n) is 7.11. The van der Waals surface area contributed by atoms with Crippen molar-refractivity contribution < 1.29 is 17.6 Å². The fourth-order valence-electron chi connectivity index (χ4n) is 1.92. The van der Waals surface area contributed by atoms with Crippen LogP contribution in [0.15, 0.2) is 53.4 Å². The van der Waals surface area contributed by atoms with Gasteiger partial charge < -0.3 is 10.6 Å². The zero-order chi connectivity index (χ0) is 17.7. The molecule has 8 heteroatoms. The van der Waals surface area contributed by atoms with Crippen LogP contribution in [0, 0.1) is 5.82 Å². The molecule has 128 valence electrons. The molecular formula is C16H18FN3O3S. The highest BCUT2D eigenvalue weighted by atomic mass is 32.2. The molecular weight excluding hydrogens is 333 g/mol. The molecule has 0 unspecified atom stereocenters. The smallest absolute Gasteiger partial charge is 0.243 e. The third-order valence-corrected chi connectivity index (χ3v) is 5.02. The highest BCUT2D eigenvalue weighted by Crippen LogP contribution is 2.18. The van der Waals surface area contributed by atoms with Crippen molar-refractivity contribution in [2.45, 2.75) is 4.90 Å². The first kappa shape index (κ1) is 17.9. The topological polar surface area (TPSA) is 78.5 Å². The fourth-order valence-corrected chi connectivity index (χ4v) is 2.86. The van der Waals surface area contributed by atoms with E-state index in [2.05, 4.69) is 10.6 Å². The van der Waals surface area contributed by atoms with Gasteiger partial charge in [0, 0.05) is 19.8 Å². The van der Waals surface area contributed by atoms with Crippen LogP contribution >= 0.6 is 0 Å². The molecule has 24 heavy (non-hydrogen) atoms. The lowest BCUT2D eigenvalue weighted by molar-refractivity contribution is -0.114. The molecule has 0 saturated carbocycles. The summed E-state index contributed by atoms with van der Waals surface area (Å²) in [5, 5.41) is 5.26. The van der Waals surface area contributed by atoms with Gasteiger partial charge in [-0.1, -0.05) is 18.2 Å². The molecule has 0 heterocycles. The molecule has 0 aliphatic carbocycles. The Kier molecular flexibility index (Phi) is 5.53. The Bertz CT molecular complexity index is 838. The van der Waals surface area contributed by atoms with E-state index in [1.807, 2.05) is 0 Å². The van der Waals surface area contributed by atoms with E-state index < -0.39 is 21.7 Å². The number of nitrogens with zero attached hydrogens (tertiary/aromatic N) is 1. The van der Waals surface area contributed by atoms with Gasteiger partial charge in [0.05, 0.1) is 17.1 Å². The van der Waals surface area contributed by atoms with Gasteiger partial charge in [0.1, 0.15) is 5.82 Å². The minimum Gasteiger partial charge on any atom is -0.376 e. The van der Waals surface area contributed by atoms with E-state index in [0.29, 0.717) is 5.69 Å². The van der Waals surface area contributed by atoms with Crippen LogP contribution in [0.25, 0.3) is 0 Å². The van der Waals surface area contributed by atoms with Gasteiger partial charge in [-0.15, -0.1) is 0 Å². The van der Waals surface area contributed by atoms with E-state index in [1.54, 1.807) is 18.2 Å². The van der Waals surface area contributed by atoms with Crippen molar-refractivity contribution >= 4 is 27.3 Å². The van der Waals surface area contributed by atoms with E-state index in [0.717, 1.165) is 4.31 Å². The van der Waals surface area contributed by atoms with E-state index in [-0.39, 0.29) is 17.1 Å². The number of benzene rings is 2. The minimum absolute atomic E-state index is 0.0910. The summed E-state index contributed by atoms with van der Waals surface area (Å²) in [6.45, 7) is -0.125. The average molecular weight is 351 g/mol. The summed E-state index contributed by atoms with van der Waals surface area (Å²) in [7, 11) is -0.665. The molecule has 2 aromatic carbocycles. The number of carbonyl (C=O) groups is 1. The second kappa shape index (κ2) is 7.41. The number of para-hydroxylation sites is 1. The van der Waals surface area contributed by atoms with E-state index in [9.17, 15) is 17.6 Å². The van der Waals surface area contributed by atoms with Crippen LogP contribution in [0.4, 0.5) is 15.8 Å². The monoisotopic (exact) mass is 351 g/mol. The zero-order valence-electron chi connectivity index (χ0n) is 13.3. The maximum atomic E-state index is 13.5. The third kappa shape index (κ3) is 4.30. The molecule has 0 aliphatic rings. The number of anilines is 2. The first-order chi connectivity index (χ1) is 11.3. The van der Waals surface area contributed by atoms with Crippen LogP contribution in [0.1, 0.15) is 0 Å². The summed E-state index contributed by atoms with van der Waals surface area (Å²) in [6, 6.07) is 12.0. The molecule has 0 bridgehead atoms. The summed E-state index contributed by atoms with van der Waals surface area (Å²) in [5.74, 6) is -0.967. The summed E-state index contributed by atoms with van der Waals surface area (Å²) >= 11 is 0. The van der Waals surface area contributed by atoms with Gasteiger partial charge in [-0.05, 0) is 30.3 Å². The number of halogens is 1. The number of rotatable bonds is 6. The van der Waals surface area contributed by atoms with Crippen LogP contribution in [0.2, 0.25) is 0 Å². The van der Waals surface area contributed by atoms with Crippen molar-refractivity contribution in [2.24, 2.45) is 0 Å². The summed E-state index contributed by atoms with van der Waals surface area (Å²) in [6.07, 6.45) is 0. The second-order valence-electron chi connectivity index (χ2n) is 5.20. The van der Waals surface area contributed by atoms with Gasteiger partial charge >= 0.3 is 0 Å². The van der Waals surface area contributed by atoms with E-state index in [4.69, 9.17) is 0 Å². The Balaban J connectivity index is 2.02. The molecule has 2 aromatic rings. The predicted molar refractivity (Wildman–Crippen MR) is 90.8 cm³/mol. The molecule has 0 atom stereocenters. The van der Waals surface area contributed by atoms with Crippen molar-refractivity contribution in [1.82, 2.24) is 4.31 Å². The minimum atomic E-state index is -3.55. The Morgan fingerprint density at radius 2 is 1.83 bits per heavy atom. The maximum Gasteiger partial charge on any atom is 0.243 e. The van der Waals surface area contributed by atoms with Crippen LogP contribution in [-0.4, -0.2) is 39.3 Å². The summed E-state index contributed by atoms with van der Waals surface area (Å²) < 4.78 is 38.7. The SMILES string of the molecule is CN(C)S(=O)(=O)c1cccc(NCC(=O)Nc2ccccc2F)c1. The largest absolute Gasteiger partial charge is 0.376 e. The highest BCUT2D eigenvalue weighted by molar-refractivity contribution is 7.89. The van der Waals surface area contributed by atoms with Crippen LogP contribution in [0.5, 0.6) is 0 Å². The van der Waals surface area contributed by atoms with Crippen LogP contribution < -0.4 is 10.6 Å².